The number of nitrogens with one attached hydrogen (secondary N) is 3. The van der Waals surface area contributed by atoms with Gasteiger partial charge in [-0.15, -0.1) is 0 Å². The van der Waals surface area contributed by atoms with Crippen LogP contribution in [0.4, 0.5) is 11.5 Å². The van der Waals surface area contributed by atoms with Gasteiger partial charge >= 0.3 is 0 Å². The van der Waals surface area contributed by atoms with E-state index in [2.05, 4.69) is 39.2 Å². The zero-order valence-corrected chi connectivity index (χ0v) is 16.4. The first-order valence-corrected chi connectivity index (χ1v) is 10.1. The van der Waals surface area contributed by atoms with E-state index in [1.165, 1.54) is 41.4 Å². The number of fused-ring (bicyclic) bond motifs is 2. The number of amides is 1. The topological polar surface area (TPSA) is 105 Å². The molecule has 0 unspecified atom stereocenters. The fourth-order valence-corrected chi connectivity index (χ4v) is 3.79. The van der Waals surface area contributed by atoms with Crippen molar-refractivity contribution in [2.75, 3.05) is 23.8 Å². The number of pyridine rings is 2. The molecule has 0 aliphatic heterocycles. The Labute approximate surface area is 170 Å². The summed E-state index contributed by atoms with van der Waals surface area (Å²) in [6, 6.07) is 11.7. The Kier molecular flexibility index (Phi) is 5.86. The van der Waals surface area contributed by atoms with Crippen LogP contribution in [-0.2, 0) is 12.8 Å². The number of aryl methyl sites for hydroxylation is 1. The quantitative estimate of drug-likeness (QED) is 0.281. The SMILES string of the molecule is NNc1ccc(C(=O)NCCCNc2c3c(nc4ccccc24)CCCC3)cn1. The maximum Gasteiger partial charge on any atom is 0.252 e. The van der Waals surface area contributed by atoms with Gasteiger partial charge in [0.15, 0.2) is 0 Å². The zero-order valence-electron chi connectivity index (χ0n) is 16.4. The van der Waals surface area contributed by atoms with E-state index in [1.807, 2.05) is 6.07 Å². The van der Waals surface area contributed by atoms with Gasteiger partial charge < -0.3 is 16.1 Å². The summed E-state index contributed by atoms with van der Waals surface area (Å²) in [7, 11) is 0. The number of hydrazine groups is 1. The van der Waals surface area contributed by atoms with E-state index in [0.717, 1.165) is 31.3 Å². The van der Waals surface area contributed by atoms with Crippen LogP contribution in [0.15, 0.2) is 42.6 Å². The summed E-state index contributed by atoms with van der Waals surface area (Å²) in [6.07, 6.45) is 6.89. The summed E-state index contributed by atoms with van der Waals surface area (Å²) < 4.78 is 0. The Morgan fingerprint density at radius 1 is 1.07 bits per heavy atom. The van der Waals surface area contributed by atoms with Crippen molar-refractivity contribution in [3.05, 3.63) is 59.4 Å². The van der Waals surface area contributed by atoms with Crippen LogP contribution in [-0.4, -0.2) is 29.0 Å². The van der Waals surface area contributed by atoms with Crippen molar-refractivity contribution in [1.29, 1.82) is 0 Å². The smallest absolute Gasteiger partial charge is 0.252 e. The van der Waals surface area contributed by atoms with Gasteiger partial charge in [0.2, 0.25) is 0 Å². The number of hydrogen-bond donors (Lipinski definition) is 4. The molecule has 5 N–H and O–H groups in total. The van der Waals surface area contributed by atoms with E-state index in [0.29, 0.717) is 17.9 Å². The standard InChI is InChI=1S/C22H26N6O/c23-28-20-11-10-15(14-26-20)22(29)25-13-5-12-24-21-16-6-1-3-8-18(16)27-19-9-4-2-7-17(19)21/h1,3,6,8,10-11,14H,2,4-5,7,9,12-13,23H2,(H,24,27)(H,25,29)(H,26,28). The lowest BCUT2D eigenvalue weighted by Gasteiger charge is -2.21. The molecule has 150 valence electrons. The summed E-state index contributed by atoms with van der Waals surface area (Å²) in [5, 5.41) is 7.74. The minimum Gasteiger partial charge on any atom is -0.384 e. The Balaban J connectivity index is 1.36. The van der Waals surface area contributed by atoms with E-state index in [-0.39, 0.29) is 5.91 Å². The van der Waals surface area contributed by atoms with Crippen molar-refractivity contribution in [2.24, 2.45) is 5.84 Å². The largest absolute Gasteiger partial charge is 0.384 e. The molecular formula is C22H26N6O. The first-order valence-electron chi connectivity index (χ1n) is 10.1. The van der Waals surface area contributed by atoms with Gasteiger partial charge in [-0.05, 0) is 55.9 Å². The third-order valence-electron chi connectivity index (χ3n) is 5.28. The molecule has 3 aromatic rings. The molecule has 7 heteroatoms. The highest BCUT2D eigenvalue weighted by molar-refractivity contribution is 5.94. The van der Waals surface area contributed by atoms with Crippen LogP contribution in [0.25, 0.3) is 10.9 Å². The van der Waals surface area contributed by atoms with Crippen molar-refractivity contribution < 1.29 is 4.79 Å². The van der Waals surface area contributed by atoms with E-state index in [4.69, 9.17) is 10.8 Å². The summed E-state index contributed by atoms with van der Waals surface area (Å²) in [6.45, 7) is 1.38. The second-order valence-electron chi connectivity index (χ2n) is 7.25. The molecule has 1 aromatic carbocycles. The van der Waals surface area contributed by atoms with E-state index in [1.54, 1.807) is 12.1 Å². The number of hydrogen-bond acceptors (Lipinski definition) is 6. The van der Waals surface area contributed by atoms with Crippen LogP contribution in [0.2, 0.25) is 0 Å². The number of carbonyl (C=O) groups is 1. The molecule has 2 aromatic heterocycles. The maximum absolute atomic E-state index is 12.2. The van der Waals surface area contributed by atoms with Crippen molar-refractivity contribution in [2.45, 2.75) is 32.1 Å². The third-order valence-corrected chi connectivity index (χ3v) is 5.28. The van der Waals surface area contributed by atoms with Crippen molar-refractivity contribution >= 4 is 28.3 Å². The molecule has 1 aliphatic carbocycles. The lowest BCUT2D eigenvalue weighted by molar-refractivity contribution is 0.0953. The highest BCUT2D eigenvalue weighted by atomic mass is 16.1. The van der Waals surface area contributed by atoms with Gasteiger partial charge in [0.05, 0.1) is 11.1 Å². The van der Waals surface area contributed by atoms with Gasteiger partial charge in [0.25, 0.3) is 5.91 Å². The van der Waals surface area contributed by atoms with E-state index >= 15 is 0 Å². The predicted octanol–water partition coefficient (Wildman–Crippen LogP) is 3.03. The number of anilines is 2. The van der Waals surface area contributed by atoms with E-state index in [9.17, 15) is 4.79 Å². The molecule has 0 saturated heterocycles. The lowest BCUT2D eigenvalue weighted by atomic mass is 9.92. The monoisotopic (exact) mass is 390 g/mol. The fourth-order valence-electron chi connectivity index (χ4n) is 3.79. The second kappa shape index (κ2) is 8.87. The molecule has 0 bridgehead atoms. The summed E-state index contributed by atoms with van der Waals surface area (Å²) in [4.78, 5) is 21.1. The molecule has 0 fully saturated rings. The molecule has 0 atom stereocenters. The van der Waals surface area contributed by atoms with Crippen LogP contribution < -0.4 is 21.9 Å². The number of carbonyl (C=O) groups excluding carboxylic acids is 1. The number of aromatic nitrogens is 2. The van der Waals surface area contributed by atoms with Crippen LogP contribution in [0, 0.1) is 0 Å². The van der Waals surface area contributed by atoms with Crippen molar-refractivity contribution in [3.63, 3.8) is 0 Å². The molecule has 7 nitrogen and oxygen atoms in total. The molecule has 29 heavy (non-hydrogen) atoms. The highest BCUT2D eigenvalue weighted by Crippen LogP contribution is 2.33. The molecule has 1 aliphatic rings. The molecule has 4 rings (SSSR count). The molecule has 2 heterocycles. The highest BCUT2D eigenvalue weighted by Gasteiger charge is 2.17. The lowest BCUT2D eigenvalue weighted by Crippen LogP contribution is -2.26. The molecule has 0 spiro atoms. The van der Waals surface area contributed by atoms with Gasteiger partial charge in [-0.2, -0.15) is 0 Å². The predicted molar refractivity (Wildman–Crippen MR) is 116 cm³/mol. The minimum atomic E-state index is -0.132. The molecule has 0 saturated carbocycles. The maximum atomic E-state index is 12.2. The van der Waals surface area contributed by atoms with Gasteiger partial charge in [0, 0.05) is 36.1 Å². The van der Waals surface area contributed by atoms with Gasteiger partial charge in [0.1, 0.15) is 5.82 Å². The van der Waals surface area contributed by atoms with Gasteiger partial charge in [-0.3, -0.25) is 9.78 Å². The number of rotatable bonds is 7. The number of nitrogens with zero attached hydrogens (tertiary/aromatic N) is 2. The van der Waals surface area contributed by atoms with Gasteiger partial charge in [-0.25, -0.2) is 10.8 Å². The van der Waals surface area contributed by atoms with Crippen LogP contribution >= 0.6 is 0 Å². The average molecular weight is 390 g/mol. The number of benzene rings is 1. The fraction of sp³-hybridized carbons (Fsp3) is 0.318. The normalized spacial score (nSPS) is 13.0. The van der Waals surface area contributed by atoms with Crippen LogP contribution in [0.5, 0.6) is 0 Å². The summed E-state index contributed by atoms with van der Waals surface area (Å²) >= 11 is 0. The van der Waals surface area contributed by atoms with E-state index < -0.39 is 0 Å². The third kappa shape index (κ3) is 4.30. The van der Waals surface area contributed by atoms with Crippen LogP contribution in [0.1, 0.15) is 40.9 Å². The number of nitrogen functional groups attached to an aromatic ring is 1. The summed E-state index contributed by atoms with van der Waals surface area (Å²) in [5.74, 6) is 5.69. The summed E-state index contributed by atoms with van der Waals surface area (Å²) in [5.41, 5.74) is 7.82. The first-order chi connectivity index (χ1) is 14.3. The van der Waals surface area contributed by atoms with Crippen LogP contribution in [0.3, 0.4) is 0 Å². The first kappa shape index (κ1) is 19.1. The van der Waals surface area contributed by atoms with Gasteiger partial charge in [-0.1, -0.05) is 18.2 Å². The Hall–Kier alpha value is -3.19. The molecule has 0 radical (unpaired) electrons. The van der Waals surface area contributed by atoms with Crippen molar-refractivity contribution in [3.8, 4) is 0 Å². The Morgan fingerprint density at radius 2 is 1.93 bits per heavy atom. The van der Waals surface area contributed by atoms with Crippen molar-refractivity contribution in [1.82, 2.24) is 15.3 Å². The minimum absolute atomic E-state index is 0.132. The zero-order chi connectivity index (χ0) is 20.1. The Bertz CT molecular complexity index is 1000. The average Bonchev–Trinajstić information content (AvgIpc) is 2.78. The molecular weight excluding hydrogens is 364 g/mol. The second-order valence-corrected chi connectivity index (χ2v) is 7.25. The number of nitrogens with two attached hydrogens (primary N) is 1. The number of para-hydroxylation sites is 1. The Morgan fingerprint density at radius 3 is 2.76 bits per heavy atom. The molecule has 1 amide bonds.